The fourth-order valence-corrected chi connectivity index (χ4v) is 3.67. The number of aryl methyl sites for hydroxylation is 1. The molecule has 0 saturated carbocycles. The number of amides is 1. The second-order valence-electron chi connectivity index (χ2n) is 6.52. The summed E-state index contributed by atoms with van der Waals surface area (Å²) in [6, 6.07) is 9.90. The third-order valence-corrected chi connectivity index (χ3v) is 5.00. The van der Waals surface area contributed by atoms with Gasteiger partial charge in [0.15, 0.2) is 0 Å². The molecule has 1 atom stereocenters. The highest BCUT2D eigenvalue weighted by atomic mass is 16.4. The van der Waals surface area contributed by atoms with Gasteiger partial charge in [0.25, 0.3) is 5.91 Å². The van der Waals surface area contributed by atoms with Crippen LogP contribution in [0.3, 0.4) is 0 Å². The highest BCUT2D eigenvalue weighted by Gasteiger charge is 2.35. The van der Waals surface area contributed by atoms with Crippen LogP contribution in [0.5, 0.6) is 0 Å². The molecule has 0 aliphatic carbocycles. The molecule has 4 heterocycles. The summed E-state index contributed by atoms with van der Waals surface area (Å²) < 4.78 is 5.75. The number of aromatic nitrogens is 1. The Balaban J connectivity index is 1.52. The maximum absolute atomic E-state index is 12.6. The molecule has 120 valence electrons. The van der Waals surface area contributed by atoms with E-state index in [2.05, 4.69) is 15.2 Å². The molecule has 2 aromatic rings. The molecule has 3 fully saturated rings. The quantitative estimate of drug-likeness (QED) is 0.946. The lowest BCUT2D eigenvalue weighted by molar-refractivity contribution is 0.0606. The summed E-state index contributed by atoms with van der Waals surface area (Å²) in [5.74, 6) is 1.29. The Morgan fingerprint density at radius 1 is 1.26 bits per heavy atom. The molecule has 3 saturated heterocycles. The molecule has 1 aromatic carbocycles. The summed E-state index contributed by atoms with van der Waals surface area (Å²) in [5, 5.41) is 3.16. The maximum Gasteiger partial charge on any atom is 0.289 e. The Morgan fingerprint density at radius 2 is 2.00 bits per heavy atom. The molecule has 1 N–H and O–H groups in total. The predicted molar refractivity (Wildman–Crippen MR) is 87.1 cm³/mol. The summed E-state index contributed by atoms with van der Waals surface area (Å²) in [6.45, 7) is 5.10. The van der Waals surface area contributed by atoms with Gasteiger partial charge in [-0.25, -0.2) is 4.98 Å². The van der Waals surface area contributed by atoms with E-state index < -0.39 is 0 Å². The summed E-state index contributed by atoms with van der Waals surface area (Å²) in [6.07, 6.45) is 2.35. The van der Waals surface area contributed by atoms with Gasteiger partial charge in [-0.3, -0.25) is 4.79 Å². The number of nitrogens with one attached hydrogen (secondary N) is 1. The van der Waals surface area contributed by atoms with Crippen LogP contribution < -0.4 is 5.32 Å². The van der Waals surface area contributed by atoms with Gasteiger partial charge in [0.2, 0.25) is 11.7 Å². The van der Waals surface area contributed by atoms with E-state index in [0.29, 0.717) is 23.3 Å². The molecular formula is C18H21N3O2. The smallest absolute Gasteiger partial charge is 0.289 e. The fourth-order valence-electron chi connectivity index (χ4n) is 3.67. The van der Waals surface area contributed by atoms with E-state index in [0.717, 1.165) is 25.2 Å². The zero-order chi connectivity index (χ0) is 15.8. The van der Waals surface area contributed by atoms with Crippen LogP contribution in [-0.2, 0) is 0 Å². The maximum atomic E-state index is 12.6. The van der Waals surface area contributed by atoms with Crippen molar-refractivity contribution in [2.45, 2.75) is 25.8 Å². The average Bonchev–Trinajstić information content (AvgIpc) is 2.99. The van der Waals surface area contributed by atoms with Crippen molar-refractivity contribution in [3.63, 3.8) is 0 Å². The standard InChI is InChI=1S/C18H21N3O2/c1-12-16(23-18(19-12)14-5-3-2-4-6-14)17(22)20-15-11-21-9-7-13(15)8-10-21/h2-6,13,15H,7-11H2,1H3,(H,20,22). The third kappa shape index (κ3) is 2.77. The van der Waals surface area contributed by atoms with Crippen LogP contribution in [0.4, 0.5) is 0 Å². The lowest BCUT2D eigenvalue weighted by Crippen LogP contribution is -2.57. The Labute approximate surface area is 135 Å². The van der Waals surface area contributed by atoms with E-state index >= 15 is 0 Å². The monoisotopic (exact) mass is 311 g/mol. The van der Waals surface area contributed by atoms with E-state index in [4.69, 9.17) is 4.42 Å². The average molecular weight is 311 g/mol. The first-order valence-corrected chi connectivity index (χ1v) is 8.27. The van der Waals surface area contributed by atoms with Gasteiger partial charge < -0.3 is 14.6 Å². The van der Waals surface area contributed by atoms with Crippen LogP contribution in [0, 0.1) is 12.8 Å². The van der Waals surface area contributed by atoms with Gasteiger partial charge in [-0.05, 0) is 50.9 Å². The first-order valence-electron chi connectivity index (χ1n) is 8.27. The summed E-state index contributed by atoms with van der Waals surface area (Å²) in [7, 11) is 0. The predicted octanol–water partition coefficient (Wildman–Crippen LogP) is 2.47. The van der Waals surface area contributed by atoms with E-state index in [1.165, 1.54) is 12.8 Å². The Hall–Kier alpha value is -2.14. The minimum Gasteiger partial charge on any atom is -0.431 e. The van der Waals surface area contributed by atoms with Crippen molar-refractivity contribution < 1.29 is 9.21 Å². The molecule has 5 rings (SSSR count). The van der Waals surface area contributed by atoms with Gasteiger partial charge in [-0.1, -0.05) is 18.2 Å². The molecule has 0 radical (unpaired) electrons. The third-order valence-electron chi connectivity index (χ3n) is 5.00. The summed E-state index contributed by atoms with van der Waals surface area (Å²) in [4.78, 5) is 19.4. The molecule has 5 nitrogen and oxygen atoms in total. The topological polar surface area (TPSA) is 58.4 Å². The first kappa shape index (κ1) is 14.5. The number of piperidine rings is 3. The molecule has 3 aliphatic heterocycles. The number of carbonyl (C=O) groups excluding carboxylic acids is 1. The van der Waals surface area contributed by atoms with Gasteiger partial charge in [-0.15, -0.1) is 0 Å². The normalized spacial score (nSPS) is 26.2. The number of fused-ring (bicyclic) bond motifs is 3. The van der Waals surface area contributed by atoms with Crippen LogP contribution in [0.25, 0.3) is 11.5 Å². The van der Waals surface area contributed by atoms with Crippen molar-refractivity contribution in [2.75, 3.05) is 19.6 Å². The molecule has 1 aromatic heterocycles. The number of hydrogen-bond donors (Lipinski definition) is 1. The zero-order valence-electron chi connectivity index (χ0n) is 13.3. The van der Waals surface area contributed by atoms with Crippen LogP contribution in [0.1, 0.15) is 29.1 Å². The summed E-state index contributed by atoms with van der Waals surface area (Å²) >= 11 is 0. The van der Waals surface area contributed by atoms with Gasteiger partial charge >= 0.3 is 0 Å². The second-order valence-corrected chi connectivity index (χ2v) is 6.52. The van der Waals surface area contributed by atoms with E-state index in [9.17, 15) is 4.79 Å². The first-order chi connectivity index (χ1) is 11.2. The van der Waals surface area contributed by atoms with Gasteiger partial charge in [0, 0.05) is 18.2 Å². The highest BCUT2D eigenvalue weighted by Crippen LogP contribution is 2.28. The van der Waals surface area contributed by atoms with Gasteiger partial charge in [0.05, 0.1) is 5.69 Å². The van der Waals surface area contributed by atoms with Crippen LogP contribution in [-0.4, -0.2) is 41.5 Å². The molecule has 2 bridgehead atoms. The molecular weight excluding hydrogens is 290 g/mol. The van der Waals surface area contributed by atoms with Crippen LogP contribution in [0.15, 0.2) is 34.7 Å². The molecule has 0 spiro atoms. The minimum atomic E-state index is -0.143. The van der Waals surface area contributed by atoms with Crippen molar-refractivity contribution in [2.24, 2.45) is 5.92 Å². The molecule has 1 unspecified atom stereocenters. The van der Waals surface area contributed by atoms with E-state index in [-0.39, 0.29) is 11.9 Å². The minimum absolute atomic E-state index is 0.143. The Kier molecular flexibility index (Phi) is 3.65. The number of carbonyl (C=O) groups is 1. The van der Waals surface area contributed by atoms with E-state index in [1.54, 1.807) is 0 Å². The van der Waals surface area contributed by atoms with Gasteiger partial charge in [0.1, 0.15) is 0 Å². The molecule has 1 amide bonds. The van der Waals surface area contributed by atoms with Crippen molar-refractivity contribution in [3.05, 3.63) is 41.8 Å². The fraction of sp³-hybridized carbons (Fsp3) is 0.444. The zero-order valence-corrected chi connectivity index (χ0v) is 13.3. The Bertz CT molecular complexity index is 702. The Morgan fingerprint density at radius 3 is 2.65 bits per heavy atom. The van der Waals surface area contributed by atoms with Crippen molar-refractivity contribution in [1.29, 1.82) is 0 Å². The number of hydrogen-bond acceptors (Lipinski definition) is 4. The second kappa shape index (κ2) is 5.81. The van der Waals surface area contributed by atoms with Crippen molar-refractivity contribution in [1.82, 2.24) is 15.2 Å². The lowest BCUT2D eigenvalue weighted by atomic mass is 9.84. The number of benzene rings is 1. The molecule has 23 heavy (non-hydrogen) atoms. The van der Waals surface area contributed by atoms with Crippen molar-refractivity contribution in [3.8, 4) is 11.5 Å². The number of oxazole rings is 1. The van der Waals surface area contributed by atoms with E-state index in [1.807, 2.05) is 37.3 Å². The highest BCUT2D eigenvalue weighted by molar-refractivity contribution is 5.93. The van der Waals surface area contributed by atoms with Crippen LogP contribution in [0.2, 0.25) is 0 Å². The summed E-state index contributed by atoms with van der Waals surface area (Å²) in [5.41, 5.74) is 1.53. The number of nitrogens with zero attached hydrogens (tertiary/aromatic N) is 2. The lowest BCUT2D eigenvalue weighted by Gasteiger charge is -2.44. The molecule has 3 aliphatic rings. The number of rotatable bonds is 3. The molecule has 5 heteroatoms. The van der Waals surface area contributed by atoms with Gasteiger partial charge in [-0.2, -0.15) is 0 Å². The van der Waals surface area contributed by atoms with Crippen LogP contribution >= 0.6 is 0 Å². The SMILES string of the molecule is Cc1nc(-c2ccccc2)oc1C(=O)NC1CN2CCC1CC2. The largest absolute Gasteiger partial charge is 0.431 e. The van der Waals surface area contributed by atoms with Crippen molar-refractivity contribution >= 4 is 5.91 Å².